The number of benzene rings is 1. The molecule has 0 fully saturated rings. The highest BCUT2D eigenvalue weighted by Gasteiger charge is 2.18. The Balaban J connectivity index is 2.26. The summed E-state index contributed by atoms with van der Waals surface area (Å²) >= 11 is 15.8. The van der Waals surface area contributed by atoms with Crippen molar-refractivity contribution < 1.29 is 0 Å². The number of alkyl halides is 1. The molecule has 0 radical (unpaired) electrons. The van der Waals surface area contributed by atoms with Gasteiger partial charge in [-0.15, -0.1) is 11.6 Å². The molecule has 0 N–H and O–H groups in total. The summed E-state index contributed by atoms with van der Waals surface area (Å²) in [5.41, 5.74) is 3.48. The van der Waals surface area contributed by atoms with Gasteiger partial charge in [0.15, 0.2) is 0 Å². The van der Waals surface area contributed by atoms with Crippen LogP contribution in [0.15, 0.2) is 28.7 Å². The van der Waals surface area contributed by atoms with Crippen LogP contribution in [0.1, 0.15) is 29.8 Å². The normalized spacial score (nSPS) is 12.7. The van der Waals surface area contributed by atoms with Gasteiger partial charge < -0.3 is 0 Å². The van der Waals surface area contributed by atoms with Crippen LogP contribution in [0.2, 0.25) is 5.02 Å². The fraction of sp³-hybridized carbons (Fsp3) is 0.400. The number of aryl methyl sites for hydroxylation is 2. The molecule has 0 saturated heterocycles. The summed E-state index contributed by atoms with van der Waals surface area (Å²) in [7, 11) is 1.98. The van der Waals surface area contributed by atoms with Gasteiger partial charge in [0.05, 0.1) is 15.9 Å². The summed E-state index contributed by atoms with van der Waals surface area (Å²) in [6.45, 7) is 2.11. The molecular weight excluding hydrogens is 359 g/mol. The Morgan fingerprint density at radius 1 is 1.30 bits per heavy atom. The van der Waals surface area contributed by atoms with Crippen LogP contribution >= 0.6 is 39.1 Å². The second-order valence-electron chi connectivity index (χ2n) is 4.79. The third kappa shape index (κ3) is 3.38. The summed E-state index contributed by atoms with van der Waals surface area (Å²) in [5, 5.41) is 5.28. The zero-order valence-corrected chi connectivity index (χ0v) is 14.6. The third-order valence-corrected chi connectivity index (χ3v) is 5.01. The predicted molar refractivity (Wildman–Crippen MR) is 88.9 cm³/mol. The van der Waals surface area contributed by atoms with Crippen molar-refractivity contribution >= 4 is 39.1 Å². The minimum atomic E-state index is 0.255. The van der Waals surface area contributed by atoms with Crippen LogP contribution in [-0.4, -0.2) is 15.7 Å². The van der Waals surface area contributed by atoms with Crippen LogP contribution in [-0.2, 0) is 19.9 Å². The van der Waals surface area contributed by atoms with Gasteiger partial charge >= 0.3 is 0 Å². The van der Waals surface area contributed by atoms with Crippen molar-refractivity contribution in [2.75, 3.05) is 5.88 Å². The molecule has 0 aliphatic rings. The van der Waals surface area contributed by atoms with Crippen LogP contribution < -0.4 is 0 Å². The molecule has 0 bridgehead atoms. The smallest absolute Gasteiger partial charge is 0.0766 e. The maximum atomic E-state index is 6.16. The largest absolute Gasteiger partial charge is 0.271 e. The second kappa shape index (κ2) is 6.97. The summed E-state index contributed by atoms with van der Waals surface area (Å²) in [5.74, 6) is 0.825. The monoisotopic (exact) mass is 374 g/mol. The third-order valence-electron chi connectivity index (χ3n) is 3.47. The van der Waals surface area contributed by atoms with Crippen LogP contribution in [0, 0.1) is 0 Å². The average molecular weight is 376 g/mol. The minimum absolute atomic E-state index is 0.255. The van der Waals surface area contributed by atoms with E-state index in [9.17, 15) is 0 Å². The molecule has 108 valence electrons. The molecule has 1 heterocycles. The number of aromatic nitrogens is 2. The molecular formula is C15H17BrCl2N2. The van der Waals surface area contributed by atoms with Crippen LogP contribution in [0.3, 0.4) is 0 Å². The van der Waals surface area contributed by atoms with Gasteiger partial charge in [-0.25, -0.2) is 0 Å². The van der Waals surface area contributed by atoms with Crippen LogP contribution in [0.5, 0.6) is 0 Å². The van der Waals surface area contributed by atoms with Gasteiger partial charge in [0.2, 0.25) is 0 Å². The second-order valence-corrected chi connectivity index (χ2v) is 6.33. The van der Waals surface area contributed by atoms with Crippen molar-refractivity contribution in [3.05, 3.63) is 50.7 Å². The molecule has 2 aromatic rings. The van der Waals surface area contributed by atoms with Crippen molar-refractivity contribution in [1.29, 1.82) is 0 Å². The highest BCUT2D eigenvalue weighted by Crippen LogP contribution is 2.29. The van der Waals surface area contributed by atoms with E-state index in [1.165, 1.54) is 11.3 Å². The van der Waals surface area contributed by atoms with Crippen LogP contribution in [0.4, 0.5) is 0 Å². The van der Waals surface area contributed by atoms with E-state index < -0.39 is 0 Å². The van der Waals surface area contributed by atoms with E-state index in [2.05, 4.69) is 28.0 Å². The standard InChI is InChI=1S/C15H17BrCl2N2/c1-3-13-15(16)14(20(2)19-13)8-11(9-17)10-4-6-12(18)7-5-10/h4-7,11H,3,8-9H2,1-2H3. The fourth-order valence-corrected chi connectivity index (χ4v) is 3.46. The Hall–Kier alpha value is -0.510. The highest BCUT2D eigenvalue weighted by molar-refractivity contribution is 9.10. The van der Waals surface area contributed by atoms with Gasteiger partial charge in [-0.05, 0) is 46.5 Å². The first-order valence-electron chi connectivity index (χ1n) is 6.58. The van der Waals surface area contributed by atoms with Gasteiger partial charge in [-0.2, -0.15) is 5.10 Å². The van der Waals surface area contributed by atoms with E-state index in [1.54, 1.807) is 0 Å². The van der Waals surface area contributed by atoms with Crippen molar-refractivity contribution in [3.63, 3.8) is 0 Å². The maximum absolute atomic E-state index is 6.16. The van der Waals surface area contributed by atoms with Crippen molar-refractivity contribution in [2.24, 2.45) is 7.05 Å². The Morgan fingerprint density at radius 2 is 1.95 bits per heavy atom. The number of rotatable bonds is 5. The first-order chi connectivity index (χ1) is 9.56. The van der Waals surface area contributed by atoms with E-state index in [0.29, 0.717) is 5.88 Å². The molecule has 1 aromatic carbocycles. The summed E-state index contributed by atoms with van der Waals surface area (Å²) in [6, 6.07) is 7.90. The van der Waals surface area contributed by atoms with Crippen molar-refractivity contribution in [3.8, 4) is 0 Å². The van der Waals surface area contributed by atoms with E-state index >= 15 is 0 Å². The lowest BCUT2D eigenvalue weighted by molar-refractivity contribution is 0.654. The molecule has 5 heteroatoms. The van der Waals surface area contributed by atoms with E-state index in [4.69, 9.17) is 23.2 Å². The lowest BCUT2D eigenvalue weighted by Crippen LogP contribution is -2.09. The average Bonchev–Trinajstić information content (AvgIpc) is 2.72. The summed E-state index contributed by atoms with van der Waals surface area (Å²) in [4.78, 5) is 0. The molecule has 0 aliphatic carbocycles. The lowest BCUT2D eigenvalue weighted by Gasteiger charge is -2.15. The van der Waals surface area contributed by atoms with Gasteiger partial charge in [0.25, 0.3) is 0 Å². The minimum Gasteiger partial charge on any atom is -0.271 e. The summed E-state index contributed by atoms with van der Waals surface area (Å²) < 4.78 is 3.05. The zero-order valence-electron chi connectivity index (χ0n) is 11.5. The van der Waals surface area contributed by atoms with Gasteiger partial charge in [-0.1, -0.05) is 30.7 Å². The van der Waals surface area contributed by atoms with E-state index in [0.717, 1.165) is 28.0 Å². The Morgan fingerprint density at radius 3 is 2.45 bits per heavy atom. The molecule has 0 saturated carbocycles. The molecule has 2 nitrogen and oxygen atoms in total. The van der Waals surface area contributed by atoms with Crippen molar-refractivity contribution in [1.82, 2.24) is 9.78 Å². The quantitative estimate of drug-likeness (QED) is 0.675. The number of nitrogens with zero attached hydrogens (tertiary/aromatic N) is 2. The molecule has 1 atom stereocenters. The molecule has 0 amide bonds. The molecule has 20 heavy (non-hydrogen) atoms. The Bertz CT molecular complexity index is 578. The fourth-order valence-electron chi connectivity index (χ4n) is 2.27. The highest BCUT2D eigenvalue weighted by atomic mass is 79.9. The molecule has 1 aromatic heterocycles. The Kier molecular flexibility index (Phi) is 5.53. The SMILES string of the molecule is CCc1nn(C)c(CC(CCl)c2ccc(Cl)cc2)c1Br. The first-order valence-corrected chi connectivity index (χ1v) is 8.29. The van der Waals surface area contributed by atoms with E-state index in [-0.39, 0.29) is 5.92 Å². The zero-order chi connectivity index (χ0) is 14.7. The maximum Gasteiger partial charge on any atom is 0.0766 e. The van der Waals surface area contributed by atoms with Crippen LogP contribution in [0.25, 0.3) is 0 Å². The van der Waals surface area contributed by atoms with Gasteiger partial charge in [0, 0.05) is 23.9 Å². The number of halogens is 3. The molecule has 1 unspecified atom stereocenters. The van der Waals surface area contributed by atoms with Gasteiger partial charge in [-0.3, -0.25) is 4.68 Å². The number of hydrogen-bond acceptors (Lipinski definition) is 1. The first kappa shape index (κ1) is 15.9. The van der Waals surface area contributed by atoms with Crippen molar-refractivity contribution in [2.45, 2.75) is 25.7 Å². The molecule has 0 spiro atoms. The molecule has 2 rings (SSSR count). The van der Waals surface area contributed by atoms with Gasteiger partial charge in [0.1, 0.15) is 0 Å². The lowest BCUT2D eigenvalue weighted by atomic mass is 9.96. The summed E-state index contributed by atoms with van der Waals surface area (Å²) in [6.07, 6.45) is 1.77. The number of hydrogen-bond donors (Lipinski definition) is 0. The predicted octanol–water partition coefficient (Wildman–Crippen LogP) is 4.96. The Labute approximate surface area is 138 Å². The molecule has 0 aliphatic heterocycles. The van der Waals surface area contributed by atoms with E-state index in [1.807, 2.05) is 36.0 Å². The topological polar surface area (TPSA) is 17.8 Å².